The van der Waals surface area contributed by atoms with Crippen LogP contribution in [0.25, 0.3) is 0 Å². The quantitative estimate of drug-likeness (QED) is 0.318. The molecule has 0 radical (unpaired) electrons. The first-order valence-electron chi connectivity index (χ1n) is 11.1. The number of guanidine groups is 1. The summed E-state index contributed by atoms with van der Waals surface area (Å²) in [5, 5.41) is 6.99. The van der Waals surface area contributed by atoms with Gasteiger partial charge in [-0.15, -0.1) is 24.0 Å². The van der Waals surface area contributed by atoms with Crippen LogP contribution < -0.4 is 10.6 Å². The zero-order valence-electron chi connectivity index (χ0n) is 18.7. The van der Waals surface area contributed by atoms with E-state index < -0.39 is 0 Å². The van der Waals surface area contributed by atoms with Gasteiger partial charge in [0, 0.05) is 37.3 Å². The van der Waals surface area contributed by atoms with Crippen LogP contribution in [0.3, 0.4) is 0 Å². The van der Waals surface area contributed by atoms with E-state index in [4.69, 9.17) is 9.73 Å². The van der Waals surface area contributed by atoms with Crippen molar-refractivity contribution in [1.82, 2.24) is 15.5 Å². The third kappa shape index (κ3) is 6.53. The number of aliphatic imine (C=N–C) groups is 1. The fourth-order valence-electron chi connectivity index (χ4n) is 4.42. The summed E-state index contributed by atoms with van der Waals surface area (Å²) in [5.41, 5.74) is 0.883. The molecule has 0 atom stereocenters. The van der Waals surface area contributed by atoms with Crippen molar-refractivity contribution in [1.29, 1.82) is 0 Å². The molecular weight excluding hydrogens is 494 g/mol. The molecule has 0 spiro atoms. The zero-order chi connectivity index (χ0) is 20.7. The number of hydrogen-bond acceptors (Lipinski definition) is 3. The number of hydrogen-bond donors (Lipinski definition) is 2. The average molecular weight is 532 g/mol. The smallest absolute Gasteiger partial charge is 0.191 e. The van der Waals surface area contributed by atoms with E-state index in [0.717, 1.165) is 50.7 Å². The third-order valence-corrected chi connectivity index (χ3v) is 6.37. The minimum atomic E-state index is -0.240. The van der Waals surface area contributed by atoms with Crippen molar-refractivity contribution in [3.63, 3.8) is 0 Å². The van der Waals surface area contributed by atoms with Gasteiger partial charge < -0.3 is 15.4 Å². The van der Waals surface area contributed by atoms with Crippen LogP contribution in [0.2, 0.25) is 0 Å². The number of nitrogens with zero attached hydrogens (tertiary/aromatic N) is 2. The van der Waals surface area contributed by atoms with E-state index in [1.54, 1.807) is 12.1 Å². The molecular formula is C23H38FIN4O. The molecule has 30 heavy (non-hydrogen) atoms. The number of benzene rings is 1. The Hall–Kier alpha value is -0.930. The molecule has 0 aliphatic carbocycles. The van der Waals surface area contributed by atoms with E-state index in [9.17, 15) is 4.39 Å². The van der Waals surface area contributed by atoms with Crippen molar-refractivity contribution in [2.45, 2.75) is 57.4 Å². The number of halogens is 2. The summed E-state index contributed by atoms with van der Waals surface area (Å²) in [6, 6.07) is 6.84. The second kappa shape index (κ2) is 11.6. The first-order chi connectivity index (χ1) is 14.0. The molecule has 0 bridgehead atoms. The van der Waals surface area contributed by atoms with Crippen molar-refractivity contribution >= 4 is 29.9 Å². The van der Waals surface area contributed by atoms with Crippen molar-refractivity contribution in [2.75, 3.05) is 45.9 Å². The third-order valence-electron chi connectivity index (χ3n) is 6.37. The summed E-state index contributed by atoms with van der Waals surface area (Å²) in [6.45, 7) is 12.6. The van der Waals surface area contributed by atoms with Crippen LogP contribution in [0.1, 0.15) is 52.0 Å². The fraction of sp³-hybridized carbons (Fsp3) is 0.696. The Morgan fingerprint density at radius 2 is 1.90 bits per heavy atom. The first-order valence-corrected chi connectivity index (χ1v) is 11.1. The number of likely N-dealkylation sites (tertiary alicyclic amines) is 1. The lowest BCUT2D eigenvalue weighted by Gasteiger charge is -2.45. The van der Waals surface area contributed by atoms with Crippen LogP contribution in [0.15, 0.2) is 29.3 Å². The second-order valence-electron chi connectivity index (χ2n) is 8.97. The molecule has 1 aromatic carbocycles. The Morgan fingerprint density at radius 1 is 1.20 bits per heavy atom. The fourth-order valence-corrected chi connectivity index (χ4v) is 4.42. The van der Waals surface area contributed by atoms with Gasteiger partial charge in [-0.3, -0.25) is 9.89 Å². The van der Waals surface area contributed by atoms with Gasteiger partial charge in [0.05, 0.1) is 6.54 Å². The van der Waals surface area contributed by atoms with Gasteiger partial charge in [-0.05, 0) is 63.4 Å². The zero-order valence-corrected chi connectivity index (χ0v) is 21.0. The molecule has 2 N–H and O–H groups in total. The number of rotatable bonds is 7. The predicted molar refractivity (Wildman–Crippen MR) is 132 cm³/mol. The second-order valence-corrected chi connectivity index (χ2v) is 8.97. The summed E-state index contributed by atoms with van der Waals surface area (Å²) in [4.78, 5) is 7.51. The topological polar surface area (TPSA) is 48.9 Å². The van der Waals surface area contributed by atoms with Gasteiger partial charge in [0.15, 0.2) is 5.96 Å². The summed E-state index contributed by atoms with van der Waals surface area (Å²) >= 11 is 0. The molecule has 0 amide bonds. The maximum absolute atomic E-state index is 13.7. The van der Waals surface area contributed by atoms with E-state index >= 15 is 0 Å². The predicted octanol–water partition coefficient (Wildman–Crippen LogP) is 3.92. The molecule has 5 nitrogen and oxygen atoms in total. The molecule has 3 rings (SSSR count). The van der Waals surface area contributed by atoms with E-state index in [0.29, 0.717) is 6.54 Å². The van der Waals surface area contributed by atoms with Gasteiger partial charge in [-0.25, -0.2) is 4.39 Å². The van der Waals surface area contributed by atoms with Gasteiger partial charge in [-0.1, -0.05) is 26.0 Å². The van der Waals surface area contributed by atoms with Gasteiger partial charge in [0.1, 0.15) is 5.82 Å². The molecule has 2 heterocycles. The molecule has 0 saturated carbocycles. The normalized spacial score (nSPS) is 19.9. The molecule has 1 aromatic rings. The molecule has 2 aliphatic heterocycles. The van der Waals surface area contributed by atoms with Crippen LogP contribution in [0, 0.1) is 5.82 Å². The Kier molecular flexibility index (Phi) is 9.81. The molecule has 0 aromatic heterocycles. The molecule has 170 valence electrons. The Bertz CT molecular complexity index is 686. The lowest BCUT2D eigenvalue weighted by atomic mass is 9.85. The first kappa shape index (κ1) is 25.3. The summed E-state index contributed by atoms with van der Waals surface area (Å²) in [6.07, 6.45) is 4.71. The van der Waals surface area contributed by atoms with Crippen LogP contribution in [0.4, 0.5) is 4.39 Å². The minimum Gasteiger partial charge on any atom is -0.381 e. The van der Waals surface area contributed by atoms with Crippen molar-refractivity contribution in [3.8, 4) is 0 Å². The molecule has 0 unspecified atom stereocenters. The van der Waals surface area contributed by atoms with Gasteiger partial charge in [-0.2, -0.15) is 0 Å². The number of ether oxygens (including phenoxy) is 1. The maximum atomic E-state index is 13.7. The largest absolute Gasteiger partial charge is 0.381 e. The van der Waals surface area contributed by atoms with E-state index in [1.165, 1.54) is 32.0 Å². The van der Waals surface area contributed by atoms with Crippen LogP contribution in [-0.2, 0) is 10.2 Å². The Labute approximate surface area is 198 Å². The minimum absolute atomic E-state index is 0. The Balaban J connectivity index is 0.00000320. The van der Waals surface area contributed by atoms with E-state index in [2.05, 4.69) is 36.3 Å². The van der Waals surface area contributed by atoms with Crippen LogP contribution >= 0.6 is 24.0 Å². The van der Waals surface area contributed by atoms with Gasteiger partial charge >= 0.3 is 0 Å². The summed E-state index contributed by atoms with van der Waals surface area (Å²) in [7, 11) is 0. The SMILES string of the molecule is CCNC(=NCC(C)(C)c1cccc(F)c1)NCC1(N2CCCC2)CCOCC1.I. The molecule has 2 aliphatic rings. The highest BCUT2D eigenvalue weighted by Gasteiger charge is 2.39. The van der Waals surface area contributed by atoms with Gasteiger partial charge in [0.25, 0.3) is 0 Å². The molecule has 2 fully saturated rings. The highest BCUT2D eigenvalue weighted by atomic mass is 127. The lowest BCUT2D eigenvalue weighted by Crippen LogP contribution is -2.58. The van der Waals surface area contributed by atoms with Crippen molar-refractivity contribution in [2.24, 2.45) is 4.99 Å². The highest BCUT2D eigenvalue weighted by Crippen LogP contribution is 2.31. The maximum Gasteiger partial charge on any atom is 0.191 e. The van der Waals surface area contributed by atoms with Crippen molar-refractivity contribution in [3.05, 3.63) is 35.6 Å². The highest BCUT2D eigenvalue weighted by molar-refractivity contribution is 14.0. The molecule has 2 saturated heterocycles. The Morgan fingerprint density at radius 3 is 2.53 bits per heavy atom. The van der Waals surface area contributed by atoms with E-state index in [-0.39, 0.29) is 40.7 Å². The molecule has 7 heteroatoms. The lowest BCUT2D eigenvalue weighted by molar-refractivity contribution is -0.0164. The summed E-state index contributed by atoms with van der Waals surface area (Å²) in [5.74, 6) is 0.638. The summed E-state index contributed by atoms with van der Waals surface area (Å²) < 4.78 is 19.3. The number of nitrogens with one attached hydrogen (secondary N) is 2. The van der Waals surface area contributed by atoms with Crippen LogP contribution in [0.5, 0.6) is 0 Å². The van der Waals surface area contributed by atoms with Crippen molar-refractivity contribution < 1.29 is 9.13 Å². The average Bonchev–Trinajstić information content (AvgIpc) is 3.26. The monoisotopic (exact) mass is 532 g/mol. The standard InChI is InChI=1S/C23H37FN4O.HI/c1-4-25-21(26-17-22(2,3)19-8-7-9-20(24)16-19)27-18-23(10-14-29-15-11-23)28-12-5-6-13-28;/h7-9,16H,4-6,10-15,17-18H2,1-3H3,(H2,25,26,27);1H. The van der Waals surface area contributed by atoms with Crippen LogP contribution in [-0.4, -0.2) is 62.3 Å². The van der Waals surface area contributed by atoms with E-state index in [1.807, 2.05) is 6.07 Å². The van der Waals surface area contributed by atoms with Gasteiger partial charge in [0.2, 0.25) is 0 Å².